The predicted octanol–water partition coefficient (Wildman–Crippen LogP) is 3.63. The van der Waals surface area contributed by atoms with Crippen molar-refractivity contribution < 1.29 is 9.59 Å². The molecular formula is C30H48N8O2. The van der Waals surface area contributed by atoms with Crippen molar-refractivity contribution >= 4 is 45.9 Å². The van der Waals surface area contributed by atoms with Gasteiger partial charge in [0.2, 0.25) is 11.8 Å². The molecule has 2 aromatic rings. The third-order valence-electron chi connectivity index (χ3n) is 5.77. The van der Waals surface area contributed by atoms with Gasteiger partial charge in [0, 0.05) is 38.3 Å². The minimum Gasteiger partial charge on any atom is -0.395 e. The number of likely N-dealkylation sites (N-methyl/N-ethyl adjacent to an activating group) is 2. The lowest BCUT2D eigenvalue weighted by molar-refractivity contribution is -0.122. The second-order valence-electron chi connectivity index (χ2n) is 12.0. The summed E-state index contributed by atoms with van der Waals surface area (Å²) < 4.78 is 0. The number of nitrogens with zero attached hydrogens (tertiary/aromatic N) is 2. The van der Waals surface area contributed by atoms with Crippen LogP contribution in [0.1, 0.15) is 41.5 Å². The molecular weight excluding hydrogens is 504 g/mol. The van der Waals surface area contributed by atoms with Gasteiger partial charge in [-0.05, 0) is 65.8 Å². The van der Waals surface area contributed by atoms with Crippen molar-refractivity contribution in [1.29, 1.82) is 0 Å². The van der Waals surface area contributed by atoms with E-state index in [1.807, 2.05) is 114 Å². The van der Waals surface area contributed by atoms with Crippen molar-refractivity contribution in [3.63, 3.8) is 0 Å². The summed E-state index contributed by atoms with van der Waals surface area (Å²) in [4.78, 5) is 28.3. The van der Waals surface area contributed by atoms with Crippen molar-refractivity contribution in [3.8, 4) is 0 Å². The first-order valence-electron chi connectivity index (χ1n) is 13.5. The number of carbonyl (C=O) groups is 2. The van der Waals surface area contributed by atoms with Crippen molar-refractivity contribution in [2.45, 2.75) is 52.6 Å². The molecule has 2 rings (SSSR count). The van der Waals surface area contributed by atoms with Crippen LogP contribution < -0.4 is 42.5 Å². The molecule has 0 radical (unpaired) electrons. The fourth-order valence-electron chi connectivity index (χ4n) is 4.10. The average Bonchev–Trinajstić information content (AvgIpc) is 2.80. The Bertz CT molecular complexity index is 1090. The lowest BCUT2D eigenvalue weighted by atomic mass is 10.1. The van der Waals surface area contributed by atoms with E-state index in [9.17, 15) is 9.59 Å². The van der Waals surface area contributed by atoms with Gasteiger partial charge in [0.05, 0.1) is 47.2 Å². The molecule has 0 heterocycles. The van der Waals surface area contributed by atoms with Gasteiger partial charge in [-0.3, -0.25) is 9.59 Å². The highest BCUT2D eigenvalue weighted by molar-refractivity contribution is 5.87. The molecule has 8 N–H and O–H groups in total. The van der Waals surface area contributed by atoms with Gasteiger partial charge >= 0.3 is 0 Å². The third kappa shape index (κ3) is 10.6. The minimum atomic E-state index is -0.289. The predicted molar refractivity (Wildman–Crippen MR) is 170 cm³/mol. The van der Waals surface area contributed by atoms with Crippen LogP contribution in [0.2, 0.25) is 0 Å². The van der Waals surface area contributed by atoms with Gasteiger partial charge in [-0.25, -0.2) is 0 Å². The summed E-state index contributed by atoms with van der Waals surface area (Å²) in [6.45, 7) is 13.3. The topological polar surface area (TPSA) is 141 Å². The first-order chi connectivity index (χ1) is 18.6. The van der Waals surface area contributed by atoms with Gasteiger partial charge in [-0.1, -0.05) is 24.3 Å². The van der Waals surface area contributed by atoms with Crippen LogP contribution in [-0.4, -0.2) is 63.2 Å². The molecule has 0 aliphatic heterocycles. The summed E-state index contributed by atoms with van der Waals surface area (Å²) in [5.74, 6) is -0.126. The summed E-state index contributed by atoms with van der Waals surface area (Å²) in [6, 6.07) is 11.5. The number of nitrogens with one attached hydrogen (secondary N) is 4. The minimum absolute atomic E-state index is 0.0629. The number of benzene rings is 2. The molecule has 0 aliphatic rings. The fraction of sp³-hybridized carbons (Fsp3) is 0.467. The van der Waals surface area contributed by atoms with Gasteiger partial charge in [0.25, 0.3) is 0 Å². The van der Waals surface area contributed by atoms with Crippen LogP contribution in [0.3, 0.4) is 0 Å². The maximum Gasteiger partial charge on any atom is 0.239 e. The Balaban J connectivity index is 1.90. The zero-order valence-electron chi connectivity index (χ0n) is 25.3. The molecule has 2 aromatic carbocycles. The molecule has 0 fully saturated rings. The molecule has 220 valence electrons. The van der Waals surface area contributed by atoms with Crippen LogP contribution in [0.15, 0.2) is 48.6 Å². The van der Waals surface area contributed by atoms with Gasteiger partial charge in [0.1, 0.15) is 0 Å². The molecule has 10 nitrogen and oxygen atoms in total. The highest BCUT2D eigenvalue weighted by Crippen LogP contribution is 2.30. The van der Waals surface area contributed by atoms with Gasteiger partial charge in [-0.2, -0.15) is 0 Å². The third-order valence-corrected chi connectivity index (χ3v) is 5.77. The number of hydrogen-bond donors (Lipinski definition) is 6. The Morgan fingerprint density at radius 2 is 1.05 bits per heavy atom. The van der Waals surface area contributed by atoms with Gasteiger partial charge in [-0.15, -0.1) is 0 Å². The Labute approximate surface area is 239 Å². The van der Waals surface area contributed by atoms with Crippen molar-refractivity contribution in [1.82, 2.24) is 10.6 Å². The molecule has 0 unspecified atom stereocenters. The van der Waals surface area contributed by atoms with Crippen molar-refractivity contribution in [3.05, 3.63) is 48.6 Å². The Morgan fingerprint density at radius 3 is 1.38 bits per heavy atom. The standard InChI is InChI=1S/C30H48N8O2/c1-29(2,3)35-25(39)19-37(7)23-15-11-13-21(27(23)31)33-17-9-10-18-34-22-14-12-16-24(28(22)32)38(8)20-26(40)36-30(4,5)6/h9-16,33-34H,17-20,31-32H2,1-8H3,(H,35,39)(H,36,40)/b10-9+. The first kappa shape index (κ1) is 32.1. The lowest BCUT2D eigenvalue weighted by Gasteiger charge is -2.26. The van der Waals surface area contributed by atoms with E-state index >= 15 is 0 Å². The maximum atomic E-state index is 12.3. The summed E-state index contributed by atoms with van der Waals surface area (Å²) in [6.07, 6.45) is 4.01. The van der Waals surface area contributed by atoms with Crippen LogP contribution in [0.25, 0.3) is 0 Å². The summed E-state index contributed by atoms with van der Waals surface area (Å²) in [5, 5.41) is 12.6. The number of nitrogen functional groups attached to an aromatic ring is 2. The number of para-hydroxylation sites is 2. The molecule has 0 aromatic heterocycles. The number of anilines is 6. The van der Waals surface area contributed by atoms with E-state index in [1.165, 1.54) is 0 Å². The van der Waals surface area contributed by atoms with E-state index in [-0.39, 0.29) is 36.0 Å². The summed E-state index contributed by atoms with van der Waals surface area (Å²) in [7, 11) is 3.70. The van der Waals surface area contributed by atoms with E-state index in [0.29, 0.717) is 24.5 Å². The molecule has 0 spiro atoms. The zero-order chi connectivity index (χ0) is 30.1. The van der Waals surface area contributed by atoms with Crippen LogP contribution >= 0.6 is 0 Å². The molecule has 2 amide bonds. The Hall–Kier alpha value is -4.08. The smallest absolute Gasteiger partial charge is 0.239 e. The summed E-state index contributed by atoms with van der Waals surface area (Å²) >= 11 is 0. The normalized spacial score (nSPS) is 11.7. The number of rotatable bonds is 12. The largest absolute Gasteiger partial charge is 0.395 e. The Kier molecular flexibility index (Phi) is 11.1. The SMILES string of the molecule is CN(CC(=O)NC(C)(C)C)c1cccc(NC/C=C/CNc2cccc(N(C)CC(=O)NC(C)(C)C)c2N)c1N. The number of carbonyl (C=O) groups excluding carboxylic acids is 2. The number of amides is 2. The zero-order valence-corrected chi connectivity index (χ0v) is 25.3. The molecule has 40 heavy (non-hydrogen) atoms. The van der Waals surface area contributed by atoms with Crippen LogP contribution in [-0.2, 0) is 9.59 Å². The summed E-state index contributed by atoms with van der Waals surface area (Å²) in [5.41, 5.74) is 16.6. The highest BCUT2D eigenvalue weighted by Gasteiger charge is 2.18. The second-order valence-corrected chi connectivity index (χ2v) is 12.0. The highest BCUT2D eigenvalue weighted by atomic mass is 16.2. The fourth-order valence-corrected chi connectivity index (χ4v) is 4.10. The van der Waals surface area contributed by atoms with Crippen molar-refractivity contribution in [2.24, 2.45) is 0 Å². The number of hydrogen-bond acceptors (Lipinski definition) is 8. The Morgan fingerprint density at radius 1 is 0.700 bits per heavy atom. The van der Waals surface area contributed by atoms with Crippen LogP contribution in [0, 0.1) is 0 Å². The van der Waals surface area contributed by atoms with E-state index in [1.54, 1.807) is 0 Å². The molecule has 0 bridgehead atoms. The van der Waals surface area contributed by atoms with Gasteiger partial charge < -0.3 is 42.5 Å². The van der Waals surface area contributed by atoms with Crippen LogP contribution in [0.5, 0.6) is 0 Å². The molecule has 0 atom stereocenters. The quantitative estimate of drug-likeness (QED) is 0.173. The lowest BCUT2D eigenvalue weighted by Crippen LogP contribution is -2.45. The maximum absolute atomic E-state index is 12.3. The molecule has 10 heteroatoms. The average molecular weight is 553 g/mol. The second kappa shape index (κ2) is 13.8. The van der Waals surface area contributed by atoms with E-state index in [4.69, 9.17) is 11.5 Å². The van der Waals surface area contributed by atoms with E-state index in [2.05, 4.69) is 21.3 Å². The molecule has 0 saturated heterocycles. The number of nitrogens with two attached hydrogens (primary N) is 2. The molecule has 0 saturated carbocycles. The van der Waals surface area contributed by atoms with E-state index < -0.39 is 0 Å². The van der Waals surface area contributed by atoms with Crippen LogP contribution in [0.4, 0.5) is 34.1 Å². The molecule has 0 aliphatic carbocycles. The van der Waals surface area contributed by atoms with Crippen molar-refractivity contribution in [2.75, 3.05) is 72.2 Å². The monoisotopic (exact) mass is 552 g/mol. The van der Waals surface area contributed by atoms with E-state index in [0.717, 1.165) is 22.7 Å². The first-order valence-corrected chi connectivity index (χ1v) is 13.5. The van der Waals surface area contributed by atoms with Gasteiger partial charge in [0.15, 0.2) is 0 Å².